The number of rotatable bonds is 5. The van der Waals surface area contributed by atoms with Gasteiger partial charge in [0.1, 0.15) is 11.5 Å². The van der Waals surface area contributed by atoms with E-state index in [1.165, 1.54) is 5.56 Å². The molecule has 0 radical (unpaired) electrons. The van der Waals surface area contributed by atoms with E-state index in [0.29, 0.717) is 0 Å². The Morgan fingerprint density at radius 1 is 0.944 bits per heavy atom. The molecule has 2 aromatic rings. The number of ether oxygens (including phenoxy) is 2. The second-order valence-electron chi connectivity index (χ2n) is 3.86. The molecule has 2 heteroatoms. The number of methoxy groups -OCH3 is 1. The standard InChI is InChI=1S/C16H16O2/c1-17-15-10-5-11-16(13-15)18-12-6-9-14-7-3-2-4-8-14/h2-8,10-13H,9H2,1H3. The van der Waals surface area contributed by atoms with Crippen LogP contribution in [0.2, 0.25) is 0 Å². The molecule has 0 spiro atoms. The smallest absolute Gasteiger partial charge is 0.130 e. The van der Waals surface area contributed by atoms with Gasteiger partial charge >= 0.3 is 0 Å². The van der Waals surface area contributed by atoms with E-state index in [1.807, 2.05) is 48.5 Å². The molecular weight excluding hydrogens is 224 g/mol. The lowest BCUT2D eigenvalue weighted by molar-refractivity contribution is 0.408. The fourth-order valence-corrected chi connectivity index (χ4v) is 1.60. The van der Waals surface area contributed by atoms with E-state index in [9.17, 15) is 0 Å². The van der Waals surface area contributed by atoms with Gasteiger partial charge < -0.3 is 9.47 Å². The van der Waals surface area contributed by atoms with Crippen molar-refractivity contribution in [3.8, 4) is 11.5 Å². The molecule has 0 aliphatic carbocycles. The first-order chi connectivity index (χ1) is 8.88. The zero-order chi connectivity index (χ0) is 12.6. The monoisotopic (exact) mass is 240 g/mol. The fraction of sp³-hybridized carbons (Fsp3) is 0.125. The third-order valence-corrected chi connectivity index (χ3v) is 2.54. The van der Waals surface area contributed by atoms with Crippen molar-refractivity contribution in [1.82, 2.24) is 0 Å². The molecule has 0 amide bonds. The van der Waals surface area contributed by atoms with E-state index in [0.717, 1.165) is 17.9 Å². The minimum atomic E-state index is 0.777. The largest absolute Gasteiger partial charge is 0.497 e. The van der Waals surface area contributed by atoms with Gasteiger partial charge in [-0.25, -0.2) is 0 Å². The first-order valence-electron chi connectivity index (χ1n) is 5.88. The summed E-state index contributed by atoms with van der Waals surface area (Å²) in [5, 5.41) is 0. The Morgan fingerprint density at radius 3 is 2.50 bits per heavy atom. The Balaban J connectivity index is 1.87. The Hall–Kier alpha value is -2.22. The van der Waals surface area contributed by atoms with Gasteiger partial charge in [0.25, 0.3) is 0 Å². The molecule has 0 fully saturated rings. The van der Waals surface area contributed by atoms with Crippen molar-refractivity contribution in [2.75, 3.05) is 7.11 Å². The van der Waals surface area contributed by atoms with E-state index < -0.39 is 0 Å². The van der Waals surface area contributed by atoms with Gasteiger partial charge in [0.2, 0.25) is 0 Å². The maximum absolute atomic E-state index is 5.51. The van der Waals surface area contributed by atoms with Gasteiger partial charge in [0, 0.05) is 6.07 Å². The van der Waals surface area contributed by atoms with Crippen LogP contribution in [0.3, 0.4) is 0 Å². The van der Waals surface area contributed by atoms with E-state index in [1.54, 1.807) is 13.4 Å². The van der Waals surface area contributed by atoms with Crippen molar-refractivity contribution in [3.63, 3.8) is 0 Å². The molecule has 0 saturated heterocycles. The van der Waals surface area contributed by atoms with Crippen molar-refractivity contribution in [3.05, 3.63) is 72.5 Å². The van der Waals surface area contributed by atoms with Crippen LogP contribution in [-0.2, 0) is 6.42 Å². The molecule has 0 heterocycles. The summed E-state index contributed by atoms with van der Waals surface area (Å²) in [5.74, 6) is 1.57. The summed E-state index contributed by atoms with van der Waals surface area (Å²) >= 11 is 0. The van der Waals surface area contributed by atoms with Gasteiger partial charge in [-0.1, -0.05) is 36.4 Å². The van der Waals surface area contributed by atoms with Crippen LogP contribution in [-0.4, -0.2) is 7.11 Å². The summed E-state index contributed by atoms with van der Waals surface area (Å²) in [6.45, 7) is 0. The molecule has 92 valence electrons. The van der Waals surface area contributed by atoms with Gasteiger partial charge in [-0.3, -0.25) is 0 Å². The van der Waals surface area contributed by atoms with Crippen LogP contribution in [0.4, 0.5) is 0 Å². The number of benzene rings is 2. The molecule has 0 bridgehead atoms. The second-order valence-corrected chi connectivity index (χ2v) is 3.86. The lowest BCUT2D eigenvalue weighted by Gasteiger charge is -2.03. The molecule has 0 aliphatic heterocycles. The summed E-state index contributed by atoms with van der Waals surface area (Å²) in [6.07, 6.45) is 4.57. The highest BCUT2D eigenvalue weighted by atomic mass is 16.5. The minimum Gasteiger partial charge on any atom is -0.497 e. The molecule has 2 rings (SSSR count). The average molecular weight is 240 g/mol. The Bertz CT molecular complexity index is 504. The molecule has 18 heavy (non-hydrogen) atoms. The lowest BCUT2D eigenvalue weighted by Crippen LogP contribution is -1.86. The highest BCUT2D eigenvalue weighted by Gasteiger charge is 1.94. The van der Waals surface area contributed by atoms with Crippen LogP contribution in [0.25, 0.3) is 0 Å². The average Bonchev–Trinajstić information content (AvgIpc) is 2.45. The SMILES string of the molecule is COc1cccc(OC=CCc2ccccc2)c1. The maximum atomic E-state index is 5.51. The normalized spacial score (nSPS) is 10.5. The predicted octanol–water partition coefficient (Wildman–Crippen LogP) is 3.83. The van der Waals surface area contributed by atoms with Crippen LogP contribution in [0, 0.1) is 0 Å². The number of allylic oxidation sites excluding steroid dienone is 1. The zero-order valence-corrected chi connectivity index (χ0v) is 10.4. The van der Waals surface area contributed by atoms with Crippen molar-refractivity contribution < 1.29 is 9.47 Å². The summed E-state index contributed by atoms with van der Waals surface area (Å²) < 4.78 is 10.6. The maximum Gasteiger partial charge on any atom is 0.130 e. The highest BCUT2D eigenvalue weighted by molar-refractivity contribution is 5.33. The van der Waals surface area contributed by atoms with Crippen molar-refractivity contribution in [1.29, 1.82) is 0 Å². The molecule has 0 aliphatic rings. The first-order valence-corrected chi connectivity index (χ1v) is 5.88. The molecule has 2 aromatic carbocycles. The summed E-state index contributed by atoms with van der Waals surface area (Å²) in [6, 6.07) is 17.8. The second kappa shape index (κ2) is 6.50. The van der Waals surface area contributed by atoms with E-state index >= 15 is 0 Å². The zero-order valence-electron chi connectivity index (χ0n) is 10.4. The van der Waals surface area contributed by atoms with E-state index in [-0.39, 0.29) is 0 Å². The predicted molar refractivity (Wildman–Crippen MR) is 72.9 cm³/mol. The molecule has 2 nitrogen and oxygen atoms in total. The number of hydrogen-bond donors (Lipinski definition) is 0. The van der Waals surface area contributed by atoms with Gasteiger partial charge in [0.05, 0.1) is 13.4 Å². The van der Waals surface area contributed by atoms with Crippen LogP contribution < -0.4 is 9.47 Å². The van der Waals surface area contributed by atoms with Gasteiger partial charge in [0.15, 0.2) is 0 Å². The van der Waals surface area contributed by atoms with Crippen molar-refractivity contribution in [2.24, 2.45) is 0 Å². The quantitative estimate of drug-likeness (QED) is 0.739. The molecule has 0 saturated carbocycles. The van der Waals surface area contributed by atoms with Crippen molar-refractivity contribution in [2.45, 2.75) is 6.42 Å². The third-order valence-electron chi connectivity index (χ3n) is 2.54. The Kier molecular flexibility index (Phi) is 4.42. The lowest BCUT2D eigenvalue weighted by atomic mass is 10.2. The molecule has 0 atom stereocenters. The van der Waals surface area contributed by atoms with Gasteiger partial charge in [-0.2, -0.15) is 0 Å². The first kappa shape index (κ1) is 12.2. The van der Waals surface area contributed by atoms with Gasteiger partial charge in [-0.15, -0.1) is 0 Å². The molecule has 0 aromatic heterocycles. The summed E-state index contributed by atoms with van der Waals surface area (Å²) in [4.78, 5) is 0. The van der Waals surface area contributed by atoms with E-state index in [2.05, 4.69) is 12.1 Å². The Labute approximate surface area is 107 Å². The summed E-state index contributed by atoms with van der Waals surface area (Å²) in [7, 11) is 1.64. The minimum absolute atomic E-state index is 0.777. The molecule has 0 N–H and O–H groups in total. The number of hydrogen-bond acceptors (Lipinski definition) is 2. The van der Waals surface area contributed by atoms with E-state index in [4.69, 9.17) is 9.47 Å². The van der Waals surface area contributed by atoms with Crippen LogP contribution in [0.1, 0.15) is 5.56 Å². The molecular formula is C16H16O2. The third kappa shape index (κ3) is 3.67. The van der Waals surface area contributed by atoms with Crippen LogP contribution in [0.5, 0.6) is 11.5 Å². The topological polar surface area (TPSA) is 18.5 Å². The van der Waals surface area contributed by atoms with Gasteiger partial charge in [-0.05, 0) is 30.2 Å². The highest BCUT2D eigenvalue weighted by Crippen LogP contribution is 2.18. The van der Waals surface area contributed by atoms with Crippen molar-refractivity contribution >= 4 is 0 Å². The Morgan fingerprint density at radius 2 is 1.72 bits per heavy atom. The summed E-state index contributed by atoms with van der Waals surface area (Å²) in [5.41, 5.74) is 1.27. The fourth-order valence-electron chi connectivity index (χ4n) is 1.60. The van der Waals surface area contributed by atoms with Crippen LogP contribution in [0.15, 0.2) is 66.9 Å². The molecule has 0 unspecified atom stereocenters. The van der Waals surface area contributed by atoms with Crippen LogP contribution >= 0.6 is 0 Å².